The van der Waals surface area contributed by atoms with E-state index in [1.807, 2.05) is 0 Å². The Balaban J connectivity index is 1.54. The smallest absolute Gasteiger partial charge is 0.147 e. The van der Waals surface area contributed by atoms with Crippen LogP contribution in [0.4, 0.5) is 10.1 Å². The lowest BCUT2D eigenvalue weighted by molar-refractivity contribution is -0.124. The normalized spacial score (nSPS) is 21.3. The summed E-state index contributed by atoms with van der Waals surface area (Å²) < 4.78 is 25.4. The molecule has 4 rings (SSSR count). The molecule has 2 atom stereocenters. The van der Waals surface area contributed by atoms with Crippen LogP contribution in [0, 0.1) is 17.7 Å². The van der Waals surface area contributed by atoms with Crippen LogP contribution in [0.25, 0.3) is 11.1 Å². The number of ether oxygens (including phenoxy) is 2. The van der Waals surface area contributed by atoms with Crippen molar-refractivity contribution in [1.29, 1.82) is 0 Å². The van der Waals surface area contributed by atoms with Crippen molar-refractivity contribution in [3.05, 3.63) is 46.0 Å². The fraction of sp³-hybridized carbons (Fsp3) is 0.500. The van der Waals surface area contributed by atoms with Crippen LogP contribution in [0.1, 0.15) is 18.5 Å². The van der Waals surface area contributed by atoms with Gasteiger partial charge in [0.1, 0.15) is 11.6 Å². The molecule has 9 heteroatoms. The number of ketones is 1. The molecular formula is C24H28Cl2FN3O3. The summed E-state index contributed by atoms with van der Waals surface area (Å²) in [7, 11) is 1.61. The summed E-state index contributed by atoms with van der Waals surface area (Å²) in [5.41, 5.74) is 2.15. The van der Waals surface area contributed by atoms with Crippen molar-refractivity contribution in [2.75, 3.05) is 45.3 Å². The Hall–Kier alpha value is -1.77. The Labute approximate surface area is 203 Å². The molecule has 1 aromatic heterocycles. The molecule has 2 aliphatic heterocycles. The maximum atomic E-state index is 14.6. The van der Waals surface area contributed by atoms with Crippen molar-refractivity contribution in [2.24, 2.45) is 11.8 Å². The van der Waals surface area contributed by atoms with Crippen molar-refractivity contribution in [2.45, 2.75) is 25.4 Å². The highest BCUT2D eigenvalue weighted by Gasteiger charge is 2.32. The highest BCUT2D eigenvalue weighted by atomic mass is 35.5. The average molecular weight is 496 g/mol. The van der Waals surface area contributed by atoms with Crippen LogP contribution >= 0.6 is 23.2 Å². The summed E-state index contributed by atoms with van der Waals surface area (Å²) in [6, 6.07) is 4.72. The van der Waals surface area contributed by atoms with Crippen molar-refractivity contribution < 1.29 is 18.7 Å². The maximum absolute atomic E-state index is 14.6. The van der Waals surface area contributed by atoms with E-state index in [0.717, 1.165) is 26.1 Å². The van der Waals surface area contributed by atoms with Gasteiger partial charge in [0, 0.05) is 69.4 Å². The Bertz CT molecular complexity index is 1000. The van der Waals surface area contributed by atoms with Crippen LogP contribution in [0.3, 0.4) is 0 Å². The van der Waals surface area contributed by atoms with Gasteiger partial charge in [-0.15, -0.1) is 0 Å². The molecule has 2 N–H and O–H groups in total. The first-order valence-corrected chi connectivity index (χ1v) is 11.9. The van der Waals surface area contributed by atoms with Gasteiger partial charge >= 0.3 is 0 Å². The van der Waals surface area contributed by atoms with E-state index in [4.69, 9.17) is 32.7 Å². The van der Waals surface area contributed by atoms with Gasteiger partial charge in [-0.1, -0.05) is 23.2 Å². The third-order valence-electron chi connectivity index (χ3n) is 6.41. The summed E-state index contributed by atoms with van der Waals surface area (Å²) >= 11 is 12.8. The lowest BCUT2D eigenvalue weighted by atomic mass is 9.96. The van der Waals surface area contributed by atoms with E-state index in [1.165, 1.54) is 12.3 Å². The second-order valence-corrected chi connectivity index (χ2v) is 9.40. The third kappa shape index (κ3) is 5.84. The molecule has 0 bridgehead atoms. The van der Waals surface area contributed by atoms with Crippen LogP contribution in [-0.4, -0.2) is 56.8 Å². The number of pyridine rings is 1. The second kappa shape index (κ2) is 11.1. The predicted octanol–water partition coefficient (Wildman–Crippen LogP) is 4.38. The first kappa shape index (κ1) is 24.4. The summed E-state index contributed by atoms with van der Waals surface area (Å²) in [5, 5.41) is 7.02. The minimum atomic E-state index is -0.421. The second-order valence-electron chi connectivity index (χ2n) is 8.59. The highest BCUT2D eigenvalue weighted by Crippen LogP contribution is 2.37. The number of aromatic nitrogens is 1. The lowest BCUT2D eigenvalue weighted by Crippen LogP contribution is -2.29. The summed E-state index contributed by atoms with van der Waals surface area (Å²) in [5.74, 6) is -0.154. The highest BCUT2D eigenvalue weighted by molar-refractivity contribution is 6.36. The SMILES string of the molecule is CO[C@H]1CNC[C@@H]1C(=O)Cc1cc(-c2cc(NCC3CCOCC3)c(F)cc2Cl)c(Cl)cn1. The third-order valence-corrected chi connectivity index (χ3v) is 7.03. The molecule has 0 aliphatic carbocycles. The van der Waals surface area contributed by atoms with Crippen molar-refractivity contribution in [3.63, 3.8) is 0 Å². The van der Waals surface area contributed by atoms with E-state index in [2.05, 4.69) is 15.6 Å². The van der Waals surface area contributed by atoms with E-state index < -0.39 is 5.82 Å². The molecule has 0 saturated carbocycles. The van der Waals surface area contributed by atoms with Crippen LogP contribution in [-0.2, 0) is 20.7 Å². The van der Waals surface area contributed by atoms with Gasteiger partial charge < -0.3 is 20.1 Å². The number of carbonyl (C=O) groups excluding carboxylic acids is 1. The Morgan fingerprint density at radius 2 is 1.97 bits per heavy atom. The van der Waals surface area contributed by atoms with Gasteiger partial charge in [-0.2, -0.15) is 0 Å². The van der Waals surface area contributed by atoms with Crippen molar-refractivity contribution in [3.8, 4) is 11.1 Å². The minimum Gasteiger partial charge on any atom is -0.382 e. The number of hydrogen-bond donors (Lipinski definition) is 2. The van der Waals surface area contributed by atoms with Gasteiger partial charge in [0.2, 0.25) is 0 Å². The predicted molar refractivity (Wildman–Crippen MR) is 128 cm³/mol. The van der Waals surface area contributed by atoms with Crippen molar-refractivity contribution in [1.82, 2.24) is 10.3 Å². The van der Waals surface area contributed by atoms with Crippen LogP contribution < -0.4 is 10.6 Å². The number of carbonyl (C=O) groups is 1. The topological polar surface area (TPSA) is 72.5 Å². The number of nitrogens with zero attached hydrogens (tertiary/aromatic N) is 1. The molecular weight excluding hydrogens is 468 g/mol. The number of Topliss-reactive ketones (excluding diaryl/α,β-unsaturated/α-hetero) is 1. The largest absolute Gasteiger partial charge is 0.382 e. The number of rotatable bonds is 8. The zero-order valence-electron chi connectivity index (χ0n) is 18.5. The average Bonchev–Trinajstić information content (AvgIpc) is 3.30. The van der Waals surface area contributed by atoms with Crippen LogP contribution in [0.5, 0.6) is 0 Å². The lowest BCUT2D eigenvalue weighted by Gasteiger charge is -2.23. The van der Waals surface area contributed by atoms with E-state index in [-0.39, 0.29) is 29.2 Å². The van der Waals surface area contributed by atoms with Crippen LogP contribution in [0.15, 0.2) is 24.4 Å². The van der Waals surface area contributed by atoms with Gasteiger partial charge in [-0.3, -0.25) is 9.78 Å². The zero-order valence-corrected chi connectivity index (χ0v) is 20.0. The standard InChI is InChI=1S/C24H28Cl2FN3O3/c1-32-24-13-28-11-18(24)23(31)7-15-6-16(20(26)12-29-15)17-8-22(21(27)9-19(17)25)30-10-14-2-4-33-5-3-14/h6,8-9,12,14,18,24,28,30H,2-5,7,10-11,13H2,1H3/t18-,24+/m1/s1. The van der Waals surface area contributed by atoms with E-state index in [1.54, 1.807) is 19.2 Å². The van der Waals surface area contributed by atoms with Gasteiger partial charge in [-0.05, 0) is 37.0 Å². The molecule has 6 nitrogen and oxygen atoms in total. The molecule has 2 saturated heterocycles. The monoisotopic (exact) mass is 495 g/mol. The maximum Gasteiger partial charge on any atom is 0.147 e. The van der Waals surface area contributed by atoms with Gasteiger partial charge in [0.15, 0.2) is 0 Å². The quantitative estimate of drug-likeness (QED) is 0.566. The summed E-state index contributed by atoms with van der Waals surface area (Å²) in [4.78, 5) is 17.2. The number of anilines is 1. The van der Waals surface area contributed by atoms with Gasteiger partial charge in [-0.25, -0.2) is 4.39 Å². The Morgan fingerprint density at radius 3 is 2.73 bits per heavy atom. The molecule has 2 fully saturated rings. The number of benzene rings is 1. The van der Waals surface area contributed by atoms with Gasteiger partial charge in [0.25, 0.3) is 0 Å². The van der Waals surface area contributed by atoms with Crippen molar-refractivity contribution >= 4 is 34.7 Å². The Kier molecular flexibility index (Phi) is 8.20. The first-order chi connectivity index (χ1) is 16.0. The number of nitrogens with one attached hydrogen (secondary N) is 2. The fourth-order valence-electron chi connectivity index (χ4n) is 4.41. The van der Waals surface area contributed by atoms with Gasteiger partial charge in [0.05, 0.1) is 27.8 Å². The fourth-order valence-corrected chi connectivity index (χ4v) is 4.87. The molecule has 0 unspecified atom stereocenters. The molecule has 2 aromatic rings. The molecule has 0 radical (unpaired) electrons. The number of hydrogen-bond acceptors (Lipinski definition) is 6. The number of methoxy groups -OCH3 is 1. The summed E-state index contributed by atoms with van der Waals surface area (Å²) in [6.45, 7) is 3.36. The molecule has 0 amide bonds. The van der Waals surface area contributed by atoms with E-state index in [9.17, 15) is 9.18 Å². The molecule has 0 spiro atoms. The Morgan fingerprint density at radius 1 is 1.21 bits per heavy atom. The van der Waals surface area contributed by atoms with E-state index >= 15 is 0 Å². The first-order valence-electron chi connectivity index (χ1n) is 11.2. The summed E-state index contributed by atoms with van der Waals surface area (Å²) in [6.07, 6.45) is 3.42. The van der Waals surface area contributed by atoms with E-state index in [0.29, 0.717) is 53.1 Å². The molecule has 1 aromatic carbocycles. The molecule has 178 valence electrons. The molecule has 2 aliphatic rings. The van der Waals surface area contributed by atoms with Crippen LogP contribution in [0.2, 0.25) is 10.0 Å². The zero-order chi connectivity index (χ0) is 23.4. The molecule has 3 heterocycles. The molecule has 33 heavy (non-hydrogen) atoms. The number of halogens is 3. The minimum absolute atomic E-state index is 0.0524.